The summed E-state index contributed by atoms with van der Waals surface area (Å²) in [5.74, 6) is -12.1. The van der Waals surface area contributed by atoms with E-state index in [0.717, 1.165) is 12.1 Å². The van der Waals surface area contributed by atoms with Gasteiger partial charge in [0.15, 0.2) is 0 Å². The zero-order chi connectivity index (χ0) is 29.6. The molecule has 4 rings (SSSR count). The van der Waals surface area contributed by atoms with E-state index in [1.165, 1.54) is 12.1 Å². The lowest BCUT2D eigenvalue weighted by Gasteiger charge is -2.29. The minimum absolute atomic E-state index is 0.00334. The van der Waals surface area contributed by atoms with Crippen LogP contribution in [0.1, 0.15) is 64.0 Å². The summed E-state index contributed by atoms with van der Waals surface area (Å²) >= 11 is 3.18. The molecule has 3 N–H and O–H groups in total. The van der Waals surface area contributed by atoms with E-state index in [1.807, 2.05) is 0 Å². The highest BCUT2D eigenvalue weighted by atomic mass is 79.9. The second-order valence-electron chi connectivity index (χ2n) is 9.01. The molecule has 214 valence electrons. The average molecular weight is 640 g/mol. The van der Waals surface area contributed by atoms with Crippen molar-refractivity contribution < 1.29 is 44.7 Å². The van der Waals surface area contributed by atoms with Crippen molar-refractivity contribution in [3.8, 4) is 0 Å². The number of halogens is 9. The van der Waals surface area contributed by atoms with Gasteiger partial charge in [0, 0.05) is 23.4 Å². The first-order chi connectivity index (χ1) is 18.6. The van der Waals surface area contributed by atoms with Crippen LogP contribution >= 0.6 is 15.9 Å². The first-order valence-electron chi connectivity index (χ1n) is 11.4. The van der Waals surface area contributed by atoms with Crippen molar-refractivity contribution in [1.82, 2.24) is 20.1 Å². The van der Waals surface area contributed by atoms with Crippen LogP contribution in [0.4, 0.5) is 35.1 Å². The number of alkyl halides is 6. The summed E-state index contributed by atoms with van der Waals surface area (Å²) < 4.78 is 113. The van der Waals surface area contributed by atoms with Gasteiger partial charge in [-0.3, -0.25) is 14.3 Å². The van der Waals surface area contributed by atoms with Gasteiger partial charge in [-0.1, -0.05) is 0 Å². The standard InChI is InChI=1S/C24H18BrF8N5O2/c25-13-1-2-14(22(34)40)36-18(13)15(7-10-5-11(26)8-12(27)6-10)35-16(39)9-38-20-17(19(37-38)21(28)29)23(30,31)3-4-24(20,32)33/h1-2,5-6,8,15,21H,3-4,7,9H2,(H2,34,40)(H,35,39)/t15-/m0/s1. The van der Waals surface area contributed by atoms with Crippen molar-refractivity contribution in [2.75, 3.05) is 0 Å². The molecule has 0 unspecified atom stereocenters. The fourth-order valence-electron chi connectivity index (χ4n) is 4.43. The largest absolute Gasteiger partial charge is 0.364 e. The topological polar surface area (TPSA) is 103 Å². The molecule has 40 heavy (non-hydrogen) atoms. The Kier molecular flexibility index (Phi) is 7.93. The molecular weight excluding hydrogens is 622 g/mol. The van der Waals surface area contributed by atoms with E-state index in [9.17, 15) is 44.7 Å². The normalized spacial score (nSPS) is 16.4. The third-order valence-electron chi connectivity index (χ3n) is 6.10. The van der Waals surface area contributed by atoms with Crippen LogP contribution in [0.5, 0.6) is 0 Å². The van der Waals surface area contributed by atoms with Crippen LogP contribution in [0.2, 0.25) is 0 Å². The summed E-state index contributed by atoms with van der Waals surface area (Å²) in [5, 5.41) is 5.59. The van der Waals surface area contributed by atoms with Crippen molar-refractivity contribution in [1.29, 1.82) is 0 Å². The number of carbonyl (C=O) groups is 2. The van der Waals surface area contributed by atoms with Gasteiger partial charge in [-0.05, 0) is 52.2 Å². The van der Waals surface area contributed by atoms with E-state index in [1.54, 1.807) is 0 Å². The Labute approximate surface area is 228 Å². The Morgan fingerprint density at radius 2 is 1.65 bits per heavy atom. The molecule has 0 bridgehead atoms. The number of hydrogen-bond acceptors (Lipinski definition) is 4. The highest BCUT2D eigenvalue weighted by Gasteiger charge is 2.55. The summed E-state index contributed by atoms with van der Waals surface area (Å²) in [7, 11) is 0. The van der Waals surface area contributed by atoms with Crippen molar-refractivity contribution in [3.63, 3.8) is 0 Å². The molecule has 0 saturated carbocycles. The average Bonchev–Trinajstić information content (AvgIpc) is 3.23. The van der Waals surface area contributed by atoms with E-state index >= 15 is 0 Å². The van der Waals surface area contributed by atoms with Crippen LogP contribution in [0.15, 0.2) is 34.8 Å². The SMILES string of the molecule is NC(=O)c1ccc(Br)c([C@H](Cc2cc(F)cc(F)c2)NC(=O)Cn2nc(C(F)F)c3c2C(F)(F)CCC3(F)F)n1. The van der Waals surface area contributed by atoms with Gasteiger partial charge in [0.1, 0.15) is 35.3 Å². The number of nitrogens with zero attached hydrogens (tertiary/aromatic N) is 3. The molecule has 7 nitrogen and oxygen atoms in total. The third kappa shape index (κ3) is 5.95. The molecule has 1 aliphatic carbocycles. The van der Waals surface area contributed by atoms with Crippen LogP contribution in [-0.4, -0.2) is 26.6 Å². The van der Waals surface area contributed by atoms with Crippen LogP contribution in [0.25, 0.3) is 0 Å². The number of fused-ring (bicyclic) bond motifs is 1. The Hall–Kier alpha value is -3.56. The van der Waals surface area contributed by atoms with E-state index in [0.29, 0.717) is 6.07 Å². The van der Waals surface area contributed by atoms with Crippen LogP contribution in [-0.2, 0) is 29.6 Å². The summed E-state index contributed by atoms with van der Waals surface area (Å²) in [6.07, 6.45) is -6.76. The number of nitrogens with one attached hydrogen (secondary N) is 1. The zero-order valence-electron chi connectivity index (χ0n) is 20.0. The lowest BCUT2D eigenvalue weighted by Crippen LogP contribution is -2.37. The van der Waals surface area contributed by atoms with E-state index in [4.69, 9.17) is 5.73 Å². The molecule has 0 radical (unpaired) electrons. The molecule has 2 heterocycles. The number of rotatable bonds is 8. The first kappa shape index (κ1) is 29.4. The maximum atomic E-state index is 14.7. The molecule has 0 saturated heterocycles. The van der Waals surface area contributed by atoms with Gasteiger partial charge >= 0.3 is 0 Å². The minimum Gasteiger partial charge on any atom is -0.364 e. The Morgan fingerprint density at radius 3 is 2.25 bits per heavy atom. The van der Waals surface area contributed by atoms with Crippen LogP contribution in [0.3, 0.4) is 0 Å². The van der Waals surface area contributed by atoms with Crippen LogP contribution in [0, 0.1) is 11.6 Å². The predicted molar refractivity (Wildman–Crippen MR) is 126 cm³/mol. The summed E-state index contributed by atoms with van der Waals surface area (Å²) in [5.41, 5.74) is 0.232. The molecule has 2 amide bonds. The number of benzene rings is 1. The first-order valence-corrected chi connectivity index (χ1v) is 12.2. The van der Waals surface area contributed by atoms with Gasteiger partial charge < -0.3 is 11.1 Å². The molecule has 3 aromatic rings. The number of nitrogens with two attached hydrogens (primary N) is 1. The summed E-state index contributed by atoms with van der Waals surface area (Å²) in [4.78, 5) is 28.7. The van der Waals surface area contributed by atoms with E-state index in [-0.39, 0.29) is 32.5 Å². The number of primary amides is 1. The highest BCUT2D eigenvalue weighted by molar-refractivity contribution is 9.10. The molecule has 1 aromatic carbocycles. The summed E-state index contributed by atoms with van der Waals surface area (Å²) in [6, 6.07) is 3.75. The maximum Gasteiger partial charge on any atom is 0.290 e. The minimum atomic E-state index is -4.04. The lowest BCUT2D eigenvalue weighted by molar-refractivity contribution is -0.123. The second kappa shape index (κ2) is 10.8. The quantitative estimate of drug-likeness (QED) is 0.321. The van der Waals surface area contributed by atoms with Crippen molar-refractivity contribution in [2.45, 2.75) is 50.1 Å². The smallest absolute Gasteiger partial charge is 0.290 e. The van der Waals surface area contributed by atoms with E-state index < -0.39 is 84.1 Å². The monoisotopic (exact) mass is 639 g/mol. The van der Waals surface area contributed by atoms with Gasteiger partial charge in [-0.15, -0.1) is 0 Å². The Morgan fingerprint density at radius 1 is 1.02 bits per heavy atom. The molecule has 1 aliphatic rings. The molecule has 2 aromatic heterocycles. The highest BCUT2D eigenvalue weighted by Crippen LogP contribution is 2.52. The molecule has 0 spiro atoms. The van der Waals surface area contributed by atoms with E-state index in [2.05, 4.69) is 31.3 Å². The van der Waals surface area contributed by atoms with Gasteiger partial charge in [0.05, 0.1) is 17.3 Å². The number of pyridine rings is 1. The Bertz CT molecular complexity index is 1460. The van der Waals surface area contributed by atoms with Crippen molar-refractivity contribution >= 4 is 27.7 Å². The molecule has 0 aliphatic heterocycles. The fraction of sp³-hybridized carbons (Fsp3) is 0.333. The Balaban J connectivity index is 1.73. The van der Waals surface area contributed by atoms with Gasteiger partial charge in [-0.25, -0.2) is 31.3 Å². The number of aromatic nitrogens is 3. The molecular formula is C24H18BrF8N5O2. The van der Waals surface area contributed by atoms with Crippen LogP contribution < -0.4 is 11.1 Å². The van der Waals surface area contributed by atoms with Gasteiger partial charge in [0.2, 0.25) is 5.91 Å². The molecule has 1 atom stereocenters. The lowest BCUT2D eigenvalue weighted by atomic mass is 9.89. The summed E-state index contributed by atoms with van der Waals surface area (Å²) in [6.45, 7) is -1.19. The zero-order valence-corrected chi connectivity index (χ0v) is 21.6. The predicted octanol–water partition coefficient (Wildman–Crippen LogP) is 5.43. The second-order valence-corrected chi connectivity index (χ2v) is 9.86. The molecule has 16 heteroatoms. The number of amides is 2. The van der Waals surface area contributed by atoms with Crippen molar-refractivity contribution in [2.24, 2.45) is 5.73 Å². The third-order valence-corrected chi connectivity index (χ3v) is 6.77. The number of hydrogen-bond donors (Lipinski definition) is 2. The number of carbonyl (C=O) groups excluding carboxylic acids is 2. The maximum absolute atomic E-state index is 14.7. The van der Waals surface area contributed by atoms with Gasteiger partial charge in [0.25, 0.3) is 24.2 Å². The fourth-order valence-corrected chi connectivity index (χ4v) is 4.93. The molecule has 0 fully saturated rings. The van der Waals surface area contributed by atoms with Crippen molar-refractivity contribution in [3.05, 3.63) is 80.3 Å². The van der Waals surface area contributed by atoms with Gasteiger partial charge in [-0.2, -0.15) is 13.9 Å².